The number of hydrogen-bond acceptors (Lipinski definition) is 6. The predicted octanol–water partition coefficient (Wildman–Crippen LogP) is 3.71. The number of aromatic nitrogens is 3. The fraction of sp³-hybridized carbons (Fsp3) is 0.100. The standard InChI is InChI=1S/C20H16N4O4/c1-13-9-10-19(28-20(25)14-5-4-6-15(12-14)24(26)27)18(11-13)23-21-16-7-2-3-8-17(16)22-23/h2-12,20,25H,1H3/t20-/m0/s1. The first-order chi connectivity index (χ1) is 13.5. The average molecular weight is 376 g/mol. The second kappa shape index (κ2) is 7.09. The van der Waals surface area contributed by atoms with Crippen molar-refractivity contribution in [2.24, 2.45) is 0 Å². The molecule has 0 spiro atoms. The molecule has 0 fully saturated rings. The molecular formula is C20H16N4O4. The molecule has 28 heavy (non-hydrogen) atoms. The van der Waals surface area contributed by atoms with Crippen LogP contribution in [0.25, 0.3) is 16.7 Å². The quantitative estimate of drug-likeness (QED) is 0.324. The second-order valence-electron chi connectivity index (χ2n) is 6.27. The molecule has 0 aliphatic rings. The Morgan fingerprint density at radius 3 is 2.43 bits per heavy atom. The summed E-state index contributed by atoms with van der Waals surface area (Å²) in [4.78, 5) is 11.9. The highest BCUT2D eigenvalue weighted by Gasteiger charge is 2.17. The normalized spacial score (nSPS) is 12.1. The number of rotatable bonds is 5. The first-order valence-electron chi connectivity index (χ1n) is 8.53. The van der Waals surface area contributed by atoms with E-state index in [9.17, 15) is 15.2 Å². The van der Waals surface area contributed by atoms with E-state index in [0.717, 1.165) is 16.6 Å². The molecule has 4 aromatic rings. The van der Waals surface area contributed by atoms with Gasteiger partial charge in [0, 0.05) is 17.7 Å². The molecule has 8 heteroatoms. The van der Waals surface area contributed by atoms with Gasteiger partial charge in [-0.2, -0.15) is 0 Å². The number of aliphatic hydroxyl groups excluding tert-OH is 1. The number of ether oxygens (including phenoxy) is 1. The number of aryl methyl sites for hydroxylation is 1. The summed E-state index contributed by atoms with van der Waals surface area (Å²) >= 11 is 0. The van der Waals surface area contributed by atoms with E-state index in [4.69, 9.17) is 4.74 Å². The number of fused-ring (bicyclic) bond motifs is 1. The van der Waals surface area contributed by atoms with Crippen molar-refractivity contribution in [1.82, 2.24) is 15.0 Å². The second-order valence-corrected chi connectivity index (χ2v) is 6.27. The Bertz CT molecular complexity index is 1140. The van der Waals surface area contributed by atoms with Gasteiger partial charge >= 0.3 is 0 Å². The molecule has 3 aromatic carbocycles. The molecule has 0 radical (unpaired) electrons. The minimum absolute atomic E-state index is 0.121. The summed E-state index contributed by atoms with van der Waals surface area (Å²) < 4.78 is 5.70. The van der Waals surface area contributed by atoms with E-state index in [1.165, 1.54) is 23.0 Å². The SMILES string of the molecule is Cc1ccc(O[C@H](O)c2cccc([N+](=O)[O-])c2)c(-n2nc3ccccc3n2)c1. The van der Waals surface area contributed by atoms with Gasteiger partial charge in [0.25, 0.3) is 5.69 Å². The molecule has 0 aliphatic carbocycles. The van der Waals surface area contributed by atoms with E-state index >= 15 is 0 Å². The fourth-order valence-corrected chi connectivity index (χ4v) is 2.83. The summed E-state index contributed by atoms with van der Waals surface area (Å²) in [6.45, 7) is 1.92. The number of benzene rings is 3. The highest BCUT2D eigenvalue weighted by molar-refractivity contribution is 5.73. The zero-order chi connectivity index (χ0) is 19.7. The van der Waals surface area contributed by atoms with Crippen molar-refractivity contribution in [3.8, 4) is 11.4 Å². The summed E-state index contributed by atoms with van der Waals surface area (Å²) in [5.41, 5.74) is 3.14. The van der Waals surface area contributed by atoms with Gasteiger partial charge in [-0.15, -0.1) is 15.0 Å². The van der Waals surface area contributed by atoms with E-state index in [0.29, 0.717) is 11.4 Å². The summed E-state index contributed by atoms with van der Waals surface area (Å²) in [6.07, 6.45) is -1.38. The molecule has 140 valence electrons. The minimum Gasteiger partial charge on any atom is -0.458 e. The van der Waals surface area contributed by atoms with Crippen LogP contribution >= 0.6 is 0 Å². The van der Waals surface area contributed by atoms with E-state index < -0.39 is 11.2 Å². The maximum Gasteiger partial charge on any atom is 0.269 e. The van der Waals surface area contributed by atoms with Crippen molar-refractivity contribution in [2.45, 2.75) is 13.2 Å². The third-order valence-corrected chi connectivity index (χ3v) is 4.22. The molecule has 1 N–H and O–H groups in total. The molecule has 1 aromatic heterocycles. The molecule has 0 bridgehead atoms. The van der Waals surface area contributed by atoms with Gasteiger partial charge in [-0.3, -0.25) is 10.1 Å². The molecule has 4 rings (SSSR count). The predicted molar refractivity (Wildman–Crippen MR) is 102 cm³/mol. The number of nitrogens with zero attached hydrogens (tertiary/aromatic N) is 4. The van der Waals surface area contributed by atoms with Crippen molar-refractivity contribution < 1.29 is 14.8 Å². The monoisotopic (exact) mass is 376 g/mol. The lowest BCUT2D eigenvalue weighted by atomic mass is 10.2. The maximum atomic E-state index is 11.0. The topological polar surface area (TPSA) is 103 Å². The van der Waals surface area contributed by atoms with Crippen molar-refractivity contribution >= 4 is 16.7 Å². The molecule has 0 amide bonds. The number of aliphatic hydroxyl groups is 1. The minimum atomic E-state index is -1.38. The van der Waals surface area contributed by atoms with Crippen LogP contribution in [0.3, 0.4) is 0 Å². The van der Waals surface area contributed by atoms with Crippen LogP contribution in [0.2, 0.25) is 0 Å². The average Bonchev–Trinajstić information content (AvgIpc) is 3.13. The highest BCUT2D eigenvalue weighted by atomic mass is 16.6. The largest absolute Gasteiger partial charge is 0.458 e. The van der Waals surface area contributed by atoms with Crippen LogP contribution in [0.4, 0.5) is 5.69 Å². The van der Waals surface area contributed by atoms with Crippen molar-refractivity contribution in [2.75, 3.05) is 0 Å². The van der Waals surface area contributed by atoms with Crippen LogP contribution in [-0.4, -0.2) is 25.0 Å². The van der Waals surface area contributed by atoms with Gasteiger partial charge in [0.05, 0.1) is 4.92 Å². The van der Waals surface area contributed by atoms with Crippen molar-refractivity contribution in [3.05, 3.63) is 88.0 Å². The van der Waals surface area contributed by atoms with Gasteiger partial charge in [0.1, 0.15) is 16.7 Å². The van der Waals surface area contributed by atoms with Gasteiger partial charge in [-0.1, -0.05) is 30.3 Å². The van der Waals surface area contributed by atoms with Gasteiger partial charge in [-0.25, -0.2) is 0 Å². The van der Waals surface area contributed by atoms with E-state index in [2.05, 4.69) is 10.2 Å². The number of hydrogen-bond donors (Lipinski definition) is 1. The molecule has 0 saturated carbocycles. The van der Waals surface area contributed by atoms with Gasteiger partial charge < -0.3 is 9.84 Å². The van der Waals surface area contributed by atoms with E-state index in [-0.39, 0.29) is 11.3 Å². The molecule has 8 nitrogen and oxygen atoms in total. The molecule has 0 unspecified atom stereocenters. The first kappa shape index (κ1) is 17.6. The lowest BCUT2D eigenvalue weighted by Crippen LogP contribution is -2.10. The Morgan fingerprint density at radius 2 is 1.75 bits per heavy atom. The first-order valence-corrected chi connectivity index (χ1v) is 8.53. The van der Waals surface area contributed by atoms with Gasteiger partial charge in [-0.05, 0) is 36.8 Å². The number of nitro groups is 1. The Kier molecular flexibility index (Phi) is 4.46. The zero-order valence-corrected chi connectivity index (χ0v) is 14.9. The Morgan fingerprint density at radius 1 is 1.04 bits per heavy atom. The Balaban J connectivity index is 1.70. The molecule has 0 saturated heterocycles. The Hall–Kier alpha value is -3.78. The smallest absolute Gasteiger partial charge is 0.269 e. The lowest BCUT2D eigenvalue weighted by Gasteiger charge is -2.16. The van der Waals surface area contributed by atoms with Crippen LogP contribution in [0.5, 0.6) is 5.75 Å². The third kappa shape index (κ3) is 3.40. The third-order valence-electron chi connectivity index (χ3n) is 4.22. The van der Waals surface area contributed by atoms with Gasteiger partial charge in [0.15, 0.2) is 5.75 Å². The number of non-ortho nitro benzene ring substituents is 1. The molecule has 1 atom stereocenters. The van der Waals surface area contributed by atoms with Crippen LogP contribution in [0.1, 0.15) is 17.4 Å². The molecule has 1 heterocycles. The summed E-state index contributed by atoms with van der Waals surface area (Å²) in [5, 5.41) is 30.3. The van der Waals surface area contributed by atoms with Crippen molar-refractivity contribution in [3.63, 3.8) is 0 Å². The summed E-state index contributed by atoms with van der Waals surface area (Å²) in [5.74, 6) is 0.352. The van der Waals surface area contributed by atoms with Gasteiger partial charge in [0.2, 0.25) is 6.29 Å². The molecular weight excluding hydrogens is 360 g/mol. The number of nitro benzene ring substituents is 1. The maximum absolute atomic E-state index is 11.0. The summed E-state index contributed by atoms with van der Waals surface area (Å²) in [6, 6.07) is 18.5. The lowest BCUT2D eigenvalue weighted by molar-refractivity contribution is -0.385. The van der Waals surface area contributed by atoms with Crippen LogP contribution in [0, 0.1) is 17.0 Å². The van der Waals surface area contributed by atoms with E-state index in [1.807, 2.05) is 43.3 Å². The van der Waals surface area contributed by atoms with E-state index in [1.54, 1.807) is 12.1 Å². The van der Waals surface area contributed by atoms with Crippen LogP contribution in [0.15, 0.2) is 66.7 Å². The fourth-order valence-electron chi connectivity index (χ4n) is 2.83. The van der Waals surface area contributed by atoms with Crippen molar-refractivity contribution in [1.29, 1.82) is 0 Å². The Labute approximate surface area is 159 Å². The zero-order valence-electron chi connectivity index (χ0n) is 14.9. The summed E-state index contributed by atoms with van der Waals surface area (Å²) in [7, 11) is 0. The molecule has 0 aliphatic heterocycles. The van der Waals surface area contributed by atoms with Crippen LogP contribution < -0.4 is 4.74 Å². The van der Waals surface area contributed by atoms with Crippen LogP contribution in [-0.2, 0) is 0 Å². The highest BCUT2D eigenvalue weighted by Crippen LogP contribution is 2.29.